The molecule has 1 aromatic carbocycles. The third-order valence-electron chi connectivity index (χ3n) is 5.26. The van der Waals surface area contributed by atoms with Crippen molar-refractivity contribution >= 4 is 5.95 Å². The molecule has 0 radical (unpaired) electrons. The van der Waals surface area contributed by atoms with Crippen LogP contribution in [0, 0.1) is 19.7 Å². The SMILES string of the molecule is Cc1cc(C)nc(N2CCCC(c3ccc(Cc4ccc(F)cc4)cn3)C2)n1. The lowest BCUT2D eigenvalue weighted by Gasteiger charge is -2.32. The quantitative estimate of drug-likeness (QED) is 0.667. The highest BCUT2D eigenvalue weighted by Gasteiger charge is 2.24. The molecule has 1 atom stereocenters. The summed E-state index contributed by atoms with van der Waals surface area (Å²) in [5.74, 6) is 1.01. The Kier molecular flexibility index (Phi) is 5.33. The molecule has 0 spiro atoms. The fraction of sp³-hybridized carbons (Fsp3) is 0.348. The van der Waals surface area contributed by atoms with Gasteiger partial charge in [0.15, 0.2) is 0 Å². The Morgan fingerprint density at radius 2 is 1.71 bits per heavy atom. The molecule has 1 fully saturated rings. The van der Waals surface area contributed by atoms with Crippen molar-refractivity contribution < 1.29 is 4.39 Å². The van der Waals surface area contributed by atoms with Gasteiger partial charge >= 0.3 is 0 Å². The van der Waals surface area contributed by atoms with Gasteiger partial charge in [-0.25, -0.2) is 14.4 Å². The van der Waals surface area contributed by atoms with Crippen LogP contribution in [0.3, 0.4) is 0 Å². The second-order valence-corrected chi connectivity index (χ2v) is 7.63. The molecule has 3 heterocycles. The van der Waals surface area contributed by atoms with Crippen molar-refractivity contribution in [2.45, 2.75) is 39.0 Å². The summed E-state index contributed by atoms with van der Waals surface area (Å²) in [6, 6.07) is 12.9. The number of rotatable bonds is 4. The van der Waals surface area contributed by atoms with Gasteiger partial charge in [-0.1, -0.05) is 18.2 Å². The number of nitrogens with zero attached hydrogens (tertiary/aromatic N) is 4. The molecule has 0 N–H and O–H groups in total. The fourth-order valence-corrected chi connectivity index (χ4v) is 3.87. The smallest absolute Gasteiger partial charge is 0.225 e. The third kappa shape index (κ3) is 4.35. The molecule has 144 valence electrons. The zero-order valence-electron chi connectivity index (χ0n) is 16.4. The van der Waals surface area contributed by atoms with Gasteiger partial charge in [-0.2, -0.15) is 0 Å². The number of benzene rings is 1. The molecule has 5 heteroatoms. The average molecular weight is 376 g/mol. The lowest BCUT2D eigenvalue weighted by atomic mass is 9.94. The van der Waals surface area contributed by atoms with E-state index in [4.69, 9.17) is 4.98 Å². The topological polar surface area (TPSA) is 41.9 Å². The summed E-state index contributed by atoms with van der Waals surface area (Å²) < 4.78 is 13.1. The van der Waals surface area contributed by atoms with Crippen molar-refractivity contribution in [3.63, 3.8) is 0 Å². The van der Waals surface area contributed by atoms with Gasteiger partial charge in [0.1, 0.15) is 5.82 Å². The summed E-state index contributed by atoms with van der Waals surface area (Å²) in [7, 11) is 0. The molecular weight excluding hydrogens is 351 g/mol. The van der Waals surface area contributed by atoms with E-state index in [1.54, 1.807) is 0 Å². The van der Waals surface area contributed by atoms with Gasteiger partial charge in [0.05, 0.1) is 0 Å². The molecule has 0 bridgehead atoms. The second-order valence-electron chi connectivity index (χ2n) is 7.63. The molecule has 4 nitrogen and oxygen atoms in total. The van der Waals surface area contributed by atoms with Crippen LogP contribution >= 0.6 is 0 Å². The van der Waals surface area contributed by atoms with E-state index in [1.165, 1.54) is 12.1 Å². The van der Waals surface area contributed by atoms with Crippen molar-refractivity contribution in [1.82, 2.24) is 15.0 Å². The number of hydrogen-bond acceptors (Lipinski definition) is 4. The first-order valence-corrected chi connectivity index (χ1v) is 9.83. The standard InChI is InChI=1S/C23H25FN4/c1-16-12-17(2)27-23(26-16)28-11-3-4-20(15-28)22-10-7-19(14-25-22)13-18-5-8-21(24)9-6-18/h5-10,12,14,20H,3-4,11,13,15H2,1-2H3. The number of aromatic nitrogens is 3. The van der Waals surface area contributed by atoms with Crippen molar-refractivity contribution in [2.75, 3.05) is 18.0 Å². The van der Waals surface area contributed by atoms with Crippen LogP contribution in [0.1, 0.15) is 47.0 Å². The summed E-state index contributed by atoms with van der Waals surface area (Å²) in [6.07, 6.45) is 4.96. The van der Waals surface area contributed by atoms with Gasteiger partial charge in [-0.15, -0.1) is 0 Å². The highest BCUT2D eigenvalue weighted by molar-refractivity contribution is 5.35. The minimum Gasteiger partial charge on any atom is -0.340 e. The number of anilines is 1. The Balaban J connectivity index is 1.45. The second kappa shape index (κ2) is 8.05. The van der Waals surface area contributed by atoms with Gasteiger partial charge < -0.3 is 4.90 Å². The number of hydrogen-bond donors (Lipinski definition) is 0. The van der Waals surface area contributed by atoms with Crippen LogP contribution in [0.5, 0.6) is 0 Å². The minimum absolute atomic E-state index is 0.202. The van der Waals surface area contributed by atoms with Crippen molar-refractivity contribution in [3.8, 4) is 0 Å². The minimum atomic E-state index is -0.202. The maximum Gasteiger partial charge on any atom is 0.225 e. The van der Waals surface area contributed by atoms with Gasteiger partial charge in [0.2, 0.25) is 5.95 Å². The van der Waals surface area contributed by atoms with Crippen molar-refractivity contribution in [1.29, 1.82) is 0 Å². The average Bonchev–Trinajstić information content (AvgIpc) is 2.70. The Morgan fingerprint density at radius 3 is 2.39 bits per heavy atom. The first-order chi connectivity index (χ1) is 13.6. The molecule has 3 aromatic rings. The maximum absolute atomic E-state index is 13.1. The summed E-state index contributed by atoms with van der Waals surface area (Å²) in [4.78, 5) is 16.3. The Labute approximate surface area is 165 Å². The molecule has 28 heavy (non-hydrogen) atoms. The lowest BCUT2D eigenvalue weighted by molar-refractivity contribution is 0.494. The van der Waals surface area contributed by atoms with E-state index < -0.39 is 0 Å². The van der Waals surface area contributed by atoms with Gasteiger partial charge in [0.25, 0.3) is 0 Å². The van der Waals surface area contributed by atoms with Gasteiger partial charge in [-0.05, 0) is 68.5 Å². The van der Waals surface area contributed by atoms with E-state index in [9.17, 15) is 4.39 Å². The molecule has 0 saturated carbocycles. The molecule has 0 amide bonds. The van der Waals surface area contributed by atoms with Crippen LogP contribution in [0.2, 0.25) is 0 Å². The maximum atomic E-state index is 13.1. The number of pyridine rings is 1. The van der Waals surface area contributed by atoms with Gasteiger partial charge in [-0.3, -0.25) is 4.98 Å². The zero-order chi connectivity index (χ0) is 19.5. The largest absolute Gasteiger partial charge is 0.340 e. The van der Waals surface area contributed by atoms with Crippen LogP contribution in [0.4, 0.5) is 10.3 Å². The number of halogens is 1. The summed E-state index contributed by atoms with van der Waals surface area (Å²) in [6.45, 7) is 5.91. The fourth-order valence-electron chi connectivity index (χ4n) is 3.87. The summed E-state index contributed by atoms with van der Waals surface area (Å²) >= 11 is 0. The predicted octanol–water partition coefficient (Wildman–Crippen LogP) is 4.60. The highest BCUT2D eigenvalue weighted by atomic mass is 19.1. The van der Waals surface area contributed by atoms with Crippen LogP contribution in [0.15, 0.2) is 48.7 Å². The molecule has 4 rings (SSSR count). The molecule has 1 aliphatic rings. The third-order valence-corrected chi connectivity index (χ3v) is 5.26. The van der Waals surface area contributed by atoms with Crippen molar-refractivity contribution in [2.24, 2.45) is 0 Å². The Hall–Kier alpha value is -2.82. The van der Waals surface area contributed by atoms with Crippen LogP contribution in [-0.4, -0.2) is 28.0 Å². The molecule has 1 aliphatic heterocycles. The van der Waals surface area contributed by atoms with E-state index in [-0.39, 0.29) is 5.82 Å². The normalized spacial score (nSPS) is 17.0. The Bertz CT molecular complexity index is 918. The zero-order valence-corrected chi connectivity index (χ0v) is 16.4. The molecule has 1 saturated heterocycles. The summed E-state index contributed by atoms with van der Waals surface area (Å²) in [5, 5.41) is 0. The molecular formula is C23H25FN4. The first kappa shape index (κ1) is 18.5. The first-order valence-electron chi connectivity index (χ1n) is 9.83. The van der Waals surface area contributed by atoms with Crippen LogP contribution in [0.25, 0.3) is 0 Å². The van der Waals surface area contributed by atoms with Gasteiger partial charge in [0, 0.05) is 42.3 Å². The van der Waals surface area contributed by atoms with Crippen molar-refractivity contribution in [3.05, 3.63) is 82.7 Å². The van der Waals surface area contributed by atoms with E-state index in [1.807, 2.05) is 38.2 Å². The Morgan fingerprint density at radius 1 is 1.00 bits per heavy atom. The number of aryl methyl sites for hydroxylation is 2. The predicted molar refractivity (Wildman–Crippen MR) is 109 cm³/mol. The van der Waals surface area contributed by atoms with E-state index in [2.05, 4.69) is 27.0 Å². The van der Waals surface area contributed by atoms with E-state index in [0.717, 1.165) is 66.5 Å². The molecule has 2 aromatic heterocycles. The summed E-state index contributed by atoms with van der Waals surface area (Å²) in [5.41, 5.74) is 5.37. The van der Waals surface area contributed by atoms with Crippen LogP contribution < -0.4 is 4.90 Å². The highest BCUT2D eigenvalue weighted by Crippen LogP contribution is 2.28. The van der Waals surface area contributed by atoms with E-state index in [0.29, 0.717) is 5.92 Å². The lowest BCUT2D eigenvalue weighted by Crippen LogP contribution is -2.36. The molecule has 1 unspecified atom stereocenters. The number of piperidine rings is 1. The monoisotopic (exact) mass is 376 g/mol. The van der Waals surface area contributed by atoms with Crippen LogP contribution in [-0.2, 0) is 6.42 Å². The van der Waals surface area contributed by atoms with E-state index >= 15 is 0 Å². The molecule has 0 aliphatic carbocycles.